The number of benzene rings is 2. The van der Waals surface area contributed by atoms with Crippen LogP contribution in [0.25, 0.3) is 22.6 Å². The summed E-state index contributed by atoms with van der Waals surface area (Å²) in [6.45, 7) is 3.03. The lowest BCUT2D eigenvalue weighted by molar-refractivity contribution is -0.132. The van der Waals surface area contributed by atoms with E-state index >= 15 is 0 Å². The van der Waals surface area contributed by atoms with E-state index < -0.39 is 0 Å². The Morgan fingerprint density at radius 3 is 2.45 bits per heavy atom. The van der Waals surface area contributed by atoms with E-state index in [0.717, 1.165) is 48.4 Å². The molecule has 1 fully saturated rings. The number of hydrogen-bond donors (Lipinski definition) is 0. The normalized spacial score (nSPS) is 16.7. The van der Waals surface area contributed by atoms with Crippen LogP contribution in [-0.2, 0) is 4.79 Å². The summed E-state index contributed by atoms with van der Waals surface area (Å²) in [5.74, 6) is 1.29. The number of thioether (sulfide) groups is 1. The summed E-state index contributed by atoms with van der Waals surface area (Å²) in [7, 11) is 0. The van der Waals surface area contributed by atoms with E-state index in [1.54, 1.807) is 0 Å². The number of oxazole rings is 1. The van der Waals surface area contributed by atoms with E-state index in [2.05, 4.69) is 11.8 Å². The molecule has 150 valence electrons. The first-order valence-corrected chi connectivity index (χ1v) is 11.3. The van der Waals surface area contributed by atoms with Crippen LogP contribution in [0.5, 0.6) is 0 Å². The molecule has 3 aromatic rings. The van der Waals surface area contributed by atoms with Crippen molar-refractivity contribution in [1.82, 2.24) is 9.88 Å². The molecule has 1 aliphatic rings. The van der Waals surface area contributed by atoms with Gasteiger partial charge in [0.2, 0.25) is 5.91 Å². The zero-order valence-electron chi connectivity index (χ0n) is 16.7. The highest BCUT2D eigenvalue weighted by Crippen LogP contribution is 2.35. The molecule has 1 aromatic heterocycles. The molecule has 0 bridgehead atoms. The molecule has 1 aliphatic heterocycles. The molecule has 1 amide bonds. The molecule has 0 unspecified atom stereocenters. The summed E-state index contributed by atoms with van der Waals surface area (Å²) in [6.07, 6.45) is 4.45. The topological polar surface area (TPSA) is 46.3 Å². The van der Waals surface area contributed by atoms with Crippen LogP contribution in [0.4, 0.5) is 0 Å². The lowest BCUT2D eigenvalue weighted by atomic mass is 10.0. The minimum Gasteiger partial charge on any atom is -0.431 e. The van der Waals surface area contributed by atoms with Gasteiger partial charge in [-0.05, 0) is 25.7 Å². The fraction of sp³-hybridized carbons (Fsp3) is 0.333. The smallest absolute Gasteiger partial charge is 0.257 e. The zero-order chi connectivity index (χ0) is 20.1. The number of likely N-dealkylation sites (tertiary alicyclic amines) is 1. The van der Waals surface area contributed by atoms with Crippen molar-refractivity contribution in [3.8, 4) is 22.6 Å². The van der Waals surface area contributed by atoms with Crippen molar-refractivity contribution in [1.29, 1.82) is 0 Å². The second-order valence-corrected chi connectivity index (χ2v) is 8.25. The predicted octanol–water partition coefficient (Wildman–Crippen LogP) is 5.89. The van der Waals surface area contributed by atoms with Gasteiger partial charge in [0.05, 0.1) is 5.75 Å². The molecule has 2 heterocycles. The van der Waals surface area contributed by atoms with Crippen LogP contribution < -0.4 is 0 Å². The number of nitrogens with zero attached hydrogens (tertiary/aromatic N) is 2. The molecule has 29 heavy (non-hydrogen) atoms. The Morgan fingerprint density at radius 2 is 1.76 bits per heavy atom. The Morgan fingerprint density at radius 1 is 1.07 bits per heavy atom. The van der Waals surface area contributed by atoms with Crippen LogP contribution in [0.3, 0.4) is 0 Å². The maximum absolute atomic E-state index is 12.8. The SMILES string of the molecule is CC[C@H]1CCCCN1C(=O)CSc1nc(-c2ccccc2)c(-c2ccccc2)o1. The zero-order valence-corrected chi connectivity index (χ0v) is 17.5. The highest BCUT2D eigenvalue weighted by molar-refractivity contribution is 7.99. The minimum absolute atomic E-state index is 0.183. The van der Waals surface area contributed by atoms with Gasteiger partial charge in [0.25, 0.3) is 5.22 Å². The molecule has 5 heteroatoms. The van der Waals surface area contributed by atoms with Crippen LogP contribution in [0.1, 0.15) is 32.6 Å². The van der Waals surface area contributed by atoms with Crippen LogP contribution in [0.15, 0.2) is 70.3 Å². The number of carbonyl (C=O) groups excluding carboxylic acids is 1. The summed E-state index contributed by atoms with van der Waals surface area (Å²) in [4.78, 5) is 19.6. The molecule has 4 rings (SSSR count). The maximum atomic E-state index is 12.8. The Bertz CT molecular complexity index is 883. The van der Waals surface area contributed by atoms with Gasteiger partial charge in [0.15, 0.2) is 5.76 Å². The molecular formula is C24H26N2O2S. The van der Waals surface area contributed by atoms with E-state index in [0.29, 0.717) is 17.0 Å². The second-order valence-electron chi connectivity index (χ2n) is 7.32. The second kappa shape index (κ2) is 9.31. The number of piperidine rings is 1. The molecular weight excluding hydrogens is 380 g/mol. The van der Waals surface area contributed by atoms with E-state index in [1.165, 1.54) is 18.2 Å². The molecule has 1 saturated heterocycles. The van der Waals surface area contributed by atoms with E-state index in [1.807, 2.05) is 60.7 Å². The molecule has 0 saturated carbocycles. The van der Waals surface area contributed by atoms with Gasteiger partial charge in [-0.3, -0.25) is 4.79 Å². The lowest BCUT2D eigenvalue weighted by Crippen LogP contribution is -2.44. The Balaban J connectivity index is 1.55. The first-order valence-electron chi connectivity index (χ1n) is 10.3. The fourth-order valence-corrected chi connectivity index (χ4v) is 4.61. The van der Waals surface area contributed by atoms with E-state index in [4.69, 9.17) is 9.40 Å². The fourth-order valence-electron chi connectivity index (χ4n) is 3.90. The Kier molecular flexibility index (Phi) is 6.35. The minimum atomic E-state index is 0.183. The van der Waals surface area contributed by atoms with Gasteiger partial charge < -0.3 is 9.32 Å². The largest absolute Gasteiger partial charge is 0.431 e. The summed E-state index contributed by atoms with van der Waals surface area (Å²) in [5, 5.41) is 0.543. The Labute approximate surface area is 176 Å². The first kappa shape index (κ1) is 19.8. The third-order valence-electron chi connectivity index (χ3n) is 5.43. The van der Waals surface area contributed by atoms with Crippen molar-refractivity contribution in [3.05, 3.63) is 60.7 Å². The van der Waals surface area contributed by atoms with Gasteiger partial charge in [-0.15, -0.1) is 0 Å². The average molecular weight is 407 g/mol. The predicted molar refractivity (Wildman–Crippen MR) is 118 cm³/mol. The number of aromatic nitrogens is 1. The number of hydrogen-bond acceptors (Lipinski definition) is 4. The van der Waals surface area contributed by atoms with Crippen LogP contribution in [0, 0.1) is 0 Å². The molecule has 1 atom stereocenters. The molecule has 2 aromatic carbocycles. The van der Waals surface area contributed by atoms with Crippen molar-refractivity contribution < 1.29 is 9.21 Å². The van der Waals surface area contributed by atoms with Gasteiger partial charge >= 0.3 is 0 Å². The number of amides is 1. The highest BCUT2D eigenvalue weighted by Gasteiger charge is 2.26. The van der Waals surface area contributed by atoms with Gasteiger partial charge in [0, 0.05) is 23.7 Å². The van der Waals surface area contributed by atoms with Gasteiger partial charge in [-0.25, -0.2) is 4.98 Å². The monoisotopic (exact) mass is 406 g/mol. The first-order chi connectivity index (χ1) is 14.3. The van der Waals surface area contributed by atoms with Crippen molar-refractivity contribution >= 4 is 17.7 Å². The Hall–Kier alpha value is -2.53. The van der Waals surface area contributed by atoms with Crippen LogP contribution in [0.2, 0.25) is 0 Å². The lowest BCUT2D eigenvalue weighted by Gasteiger charge is -2.35. The van der Waals surface area contributed by atoms with Crippen molar-refractivity contribution in [2.24, 2.45) is 0 Å². The van der Waals surface area contributed by atoms with Gasteiger partial charge in [-0.1, -0.05) is 79.3 Å². The van der Waals surface area contributed by atoms with Crippen molar-refractivity contribution in [3.63, 3.8) is 0 Å². The number of carbonyl (C=O) groups is 1. The third-order valence-corrected chi connectivity index (χ3v) is 6.24. The van der Waals surface area contributed by atoms with E-state index in [-0.39, 0.29) is 5.91 Å². The molecule has 4 nitrogen and oxygen atoms in total. The standard InChI is InChI=1S/C24H26N2O2S/c1-2-20-15-9-10-16-26(20)21(27)17-29-24-25-22(18-11-5-3-6-12-18)23(28-24)19-13-7-4-8-14-19/h3-8,11-14,20H,2,9-10,15-17H2,1H3/t20-/m0/s1. The summed E-state index contributed by atoms with van der Waals surface area (Å²) in [6, 6.07) is 20.4. The molecule has 0 aliphatic carbocycles. The molecule has 0 N–H and O–H groups in total. The molecule has 0 spiro atoms. The summed E-state index contributed by atoms with van der Waals surface area (Å²) in [5.41, 5.74) is 2.81. The van der Waals surface area contributed by atoms with Crippen molar-refractivity contribution in [2.45, 2.75) is 43.9 Å². The number of rotatable bonds is 6. The van der Waals surface area contributed by atoms with E-state index in [9.17, 15) is 4.79 Å². The summed E-state index contributed by atoms with van der Waals surface area (Å²) < 4.78 is 6.13. The van der Waals surface area contributed by atoms with Gasteiger partial charge in [-0.2, -0.15) is 0 Å². The quantitative estimate of drug-likeness (QED) is 0.479. The summed E-state index contributed by atoms with van der Waals surface area (Å²) >= 11 is 1.39. The van der Waals surface area contributed by atoms with Crippen LogP contribution in [-0.4, -0.2) is 34.1 Å². The maximum Gasteiger partial charge on any atom is 0.257 e. The highest BCUT2D eigenvalue weighted by atomic mass is 32.2. The van der Waals surface area contributed by atoms with Crippen molar-refractivity contribution in [2.75, 3.05) is 12.3 Å². The average Bonchev–Trinajstić information content (AvgIpc) is 3.23. The van der Waals surface area contributed by atoms with Gasteiger partial charge in [0.1, 0.15) is 5.69 Å². The third kappa shape index (κ3) is 4.56. The van der Waals surface area contributed by atoms with Crippen LogP contribution >= 0.6 is 11.8 Å². The molecule has 0 radical (unpaired) electrons.